The summed E-state index contributed by atoms with van der Waals surface area (Å²) in [7, 11) is 0. The van der Waals surface area contributed by atoms with E-state index in [0.29, 0.717) is 11.0 Å². The number of anilines is 2. The lowest BCUT2D eigenvalue weighted by molar-refractivity contribution is 0.0692. The van der Waals surface area contributed by atoms with E-state index in [1.54, 1.807) is 23.7 Å². The predicted molar refractivity (Wildman–Crippen MR) is 89.4 cm³/mol. The molecule has 0 fully saturated rings. The first kappa shape index (κ1) is 13.6. The second-order valence-corrected chi connectivity index (χ2v) is 5.76. The second-order valence-electron chi connectivity index (χ2n) is 4.87. The first-order chi connectivity index (χ1) is 11.2. The standard InChI is InChI=1S/C16H10N4O2S/c21-16(22)14-15(20-11-4-2-1-3-10(11)19-14)18-9-5-6-12-13(7-9)23-8-17-12/h1-8H,(H,18,20)(H,21,22). The van der Waals surface area contributed by atoms with Gasteiger partial charge in [0.1, 0.15) is 0 Å². The SMILES string of the molecule is O=C(O)c1nc2ccccc2nc1Nc1ccc2ncsc2c1. The third-order valence-corrected chi connectivity index (χ3v) is 4.16. The average Bonchev–Trinajstić information content (AvgIpc) is 3.01. The highest BCUT2D eigenvalue weighted by molar-refractivity contribution is 7.16. The summed E-state index contributed by atoms with van der Waals surface area (Å²) in [5, 5.41) is 12.4. The zero-order valence-electron chi connectivity index (χ0n) is 11.7. The molecule has 7 heteroatoms. The number of carboxylic acids is 1. The lowest BCUT2D eigenvalue weighted by atomic mass is 10.2. The van der Waals surface area contributed by atoms with Gasteiger partial charge < -0.3 is 10.4 Å². The maximum atomic E-state index is 11.5. The molecule has 0 aliphatic rings. The molecule has 6 nitrogen and oxygen atoms in total. The molecule has 0 saturated heterocycles. The van der Waals surface area contributed by atoms with Gasteiger partial charge in [-0.2, -0.15) is 0 Å². The molecule has 2 heterocycles. The van der Waals surface area contributed by atoms with Gasteiger partial charge in [0, 0.05) is 5.69 Å². The first-order valence-corrected chi connectivity index (χ1v) is 7.69. The summed E-state index contributed by atoms with van der Waals surface area (Å²) in [6.45, 7) is 0. The van der Waals surface area contributed by atoms with Crippen LogP contribution in [0.5, 0.6) is 0 Å². The van der Waals surface area contributed by atoms with Gasteiger partial charge in [0.2, 0.25) is 0 Å². The van der Waals surface area contributed by atoms with Crippen LogP contribution in [-0.2, 0) is 0 Å². The highest BCUT2D eigenvalue weighted by atomic mass is 32.1. The number of carbonyl (C=O) groups is 1. The van der Waals surface area contributed by atoms with Crippen LogP contribution in [0.2, 0.25) is 0 Å². The quantitative estimate of drug-likeness (QED) is 0.598. The molecule has 0 amide bonds. The molecule has 2 N–H and O–H groups in total. The van der Waals surface area contributed by atoms with Crippen LogP contribution >= 0.6 is 11.3 Å². The van der Waals surface area contributed by atoms with Gasteiger partial charge in [-0.15, -0.1) is 11.3 Å². The molecular weight excluding hydrogens is 312 g/mol. The molecule has 0 aliphatic heterocycles. The van der Waals surface area contributed by atoms with Gasteiger partial charge in [0.25, 0.3) is 0 Å². The molecule has 23 heavy (non-hydrogen) atoms. The van der Waals surface area contributed by atoms with Crippen LogP contribution in [0.4, 0.5) is 11.5 Å². The van der Waals surface area contributed by atoms with E-state index in [9.17, 15) is 9.90 Å². The van der Waals surface area contributed by atoms with Crippen LogP contribution in [0.1, 0.15) is 10.5 Å². The van der Waals surface area contributed by atoms with Crippen LogP contribution in [0, 0.1) is 0 Å². The zero-order chi connectivity index (χ0) is 15.8. The number of benzene rings is 2. The normalized spacial score (nSPS) is 11.0. The second kappa shape index (κ2) is 5.29. The number of hydrogen-bond acceptors (Lipinski definition) is 6. The molecule has 112 valence electrons. The van der Waals surface area contributed by atoms with Gasteiger partial charge in [-0.1, -0.05) is 12.1 Å². The van der Waals surface area contributed by atoms with Crippen molar-refractivity contribution >= 4 is 50.1 Å². The smallest absolute Gasteiger partial charge is 0.358 e. The fourth-order valence-corrected chi connectivity index (χ4v) is 3.02. The van der Waals surface area contributed by atoms with E-state index in [1.807, 2.05) is 24.3 Å². The van der Waals surface area contributed by atoms with Gasteiger partial charge >= 0.3 is 5.97 Å². The van der Waals surface area contributed by atoms with Gasteiger partial charge in [0.05, 0.1) is 26.8 Å². The molecule has 0 bridgehead atoms. The molecular formula is C16H10N4O2S. The Hall–Kier alpha value is -3.06. The molecule has 0 aliphatic carbocycles. The van der Waals surface area contributed by atoms with E-state index in [-0.39, 0.29) is 11.5 Å². The number of thiazole rings is 1. The van der Waals surface area contributed by atoms with E-state index >= 15 is 0 Å². The molecule has 0 atom stereocenters. The number of carboxylic acid groups (broad SMARTS) is 1. The Labute approximate surface area is 134 Å². The van der Waals surface area contributed by atoms with Gasteiger partial charge in [-0.3, -0.25) is 0 Å². The number of fused-ring (bicyclic) bond motifs is 2. The Kier molecular flexibility index (Phi) is 3.13. The third-order valence-electron chi connectivity index (χ3n) is 3.37. The fraction of sp³-hybridized carbons (Fsp3) is 0. The summed E-state index contributed by atoms with van der Waals surface area (Å²) in [6.07, 6.45) is 0. The Bertz CT molecular complexity index is 1040. The van der Waals surface area contributed by atoms with Crippen molar-refractivity contribution in [2.45, 2.75) is 0 Å². The third kappa shape index (κ3) is 2.47. The van der Waals surface area contributed by atoms with E-state index in [1.165, 1.54) is 11.3 Å². The van der Waals surface area contributed by atoms with Crippen molar-refractivity contribution in [1.29, 1.82) is 0 Å². The number of hydrogen-bond donors (Lipinski definition) is 2. The summed E-state index contributed by atoms with van der Waals surface area (Å²) < 4.78 is 1.01. The molecule has 2 aromatic heterocycles. The molecule has 0 saturated carbocycles. The van der Waals surface area contributed by atoms with Crippen molar-refractivity contribution in [2.75, 3.05) is 5.32 Å². The summed E-state index contributed by atoms with van der Waals surface area (Å²) in [5.74, 6) is -0.898. The van der Waals surface area contributed by atoms with Crippen LogP contribution in [-0.4, -0.2) is 26.0 Å². The van der Waals surface area contributed by atoms with Crippen molar-refractivity contribution < 1.29 is 9.90 Å². The van der Waals surface area contributed by atoms with E-state index < -0.39 is 5.97 Å². The summed E-state index contributed by atoms with van der Waals surface area (Å²) in [4.78, 5) is 24.3. The van der Waals surface area contributed by atoms with Crippen LogP contribution in [0.15, 0.2) is 48.0 Å². The average molecular weight is 322 g/mol. The van der Waals surface area contributed by atoms with Gasteiger partial charge in [-0.05, 0) is 30.3 Å². The van der Waals surface area contributed by atoms with Crippen molar-refractivity contribution in [3.63, 3.8) is 0 Å². The molecule has 4 aromatic rings. The lowest BCUT2D eigenvalue weighted by Crippen LogP contribution is -2.08. The van der Waals surface area contributed by atoms with Crippen LogP contribution in [0.25, 0.3) is 21.3 Å². The molecule has 2 aromatic carbocycles. The monoisotopic (exact) mass is 322 g/mol. The molecule has 0 unspecified atom stereocenters. The largest absolute Gasteiger partial charge is 0.476 e. The van der Waals surface area contributed by atoms with Crippen LogP contribution in [0.3, 0.4) is 0 Å². The van der Waals surface area contributed by atoms with E-state index in [4.69, 9.17) is 0 Å². The highest BCUT2D eigenvalue weighted by Gasteiger charge is 2.15. The number of rotatable bonds is 3. The van der Waals surface area contributed by atoms with Gasteiger partial charge in [-0.25, -0.2) is 19.7 Å². The number of nitrogens with zero attached hydrogens (tertiary/aromatic N) is 3. The lowest BCUT2D eigenvalue weighted by Gasteiger charge is -2.09. The minimum absolute atomic E-state index is 0.104. The Balaban J connectivity index is 1.82. The van der Waals surface area contributed by atoms with Gasteiger partial charge in [0.15, 0.2) is 11.5 Å². The van der Waals surface area contributed by atoms with Crippen LogP contribution < -0.4 is 5.32 Å². The summed E-state index contributed by atoms with van der Waals surface area (Å²) in [5.41, 5.74) is 4.50. The van der Waals surface area contributed by atoms with Crippen molar-refractivity contribution in [3.05, 3.63) is 53.7 Å². The number of para-hydroxylation sites is 2. The summed E-state index contributed by atoms with van der Waals surface area (Å²) >= 11 is 1.52. The van der Waals surface area contributed by atoms with Crippen molar-refractivity contribution in [1.82, 2.24) is 15.0 Å². The molecule has 4 rings (SSSR count). The fourth-order valence-electron chi connectivity index (χ4n) is 2.31. The maximum absolute atomic E-state index is 11.5. The van der Waals surface area contributed by atoms with E-state index in [2.05, 4.69) is 20.3 Å². The number of aromatic nitrogens is 3. The Morgan fingerprint density at radius 1 is 1.04 bits per heavy atom. The molecule has 0 radical (unpaired) electrons. The van der Waals surface area contributed by atoms with Crippen molar-refractivity contribution in [3.8, 4) is 0 Å². The first-order valence-electron chi connectivity index (χ1n) is 6.81. The predicted octanol–water partition coefficient (Wildman–Crippen LogP) is 3.68. The Morgan fingerprint density at radius 2 is 1.83 bits per heavy atom. The zero-order valence-corrected chi connectivity index (χ0v) is 12.5. The Morgan fingerprint density at radius 3 is 2.61 bits per heavy atom. The summed E-state index contributed by atoms with van der Waals surface area (Å²) in [6, 6.07) is 12.8. The topological polar surface area (TPSA) is 88.0 Å². The number of aromatic carboxylic acids is 1. The maximum Gasteiger partial charge on any atom is 0.358 e. The number of nitrogens with one attached hydrogen (secondary N) is 1. The van der Waals surface area contributed by atoms with E-state index in [0.717, 1.165) is 15.9 Å². The molecule has 0 spiro atoms. The minimum Gasteiger partial charge on any atom is -0.476 e. The minimum atomic E-state index is -1.12. The van der Waals surface area contributed by atoms with Crippen molar-refractivity contribution in [2.24, 2.45) is 0 Å². The highest BCUT2D eigenvalue weighted by Crippen LogP contribution is 2.25.